The van der Waals surface area contributed by atoms with Crippen molar-refractivity contribution in [3.8, 4) is 0 Å². The molecule has 1 aromatic rings. The molecule has 0 fully saturated rings. The number of H-pyrrole nitrogens is 1. The van der Waals surface area contributed by atoms with Crippen molar-refractivity contribution in [1.29, 1.82) is 0 Å². The zero-order valence-electron chi connectivity index (χ0n) is 7.72. The SMILES string of the molecule is CC(C)(C)ONCc1ncc[nH]1. The number of nitrogens with zero attached hydrogens (tertiary/aromatic N) is 1. The predicted octanol–water partition coefficient (Wildman–Crippen LogP) is 1.23. The van der Waals surface area contributed by atoms with Crippen molar-refractivity contribution in [1.82, 2.24) is 15.4 Å². The third-order valence-corrected chi connectivity index (χ3v) is 1.17. The van der Waals surface area contributed by atoms with Crippen molar-refractivity contribution < 1.29 is 4.84 Å². The molecule has 0 aliphatic heterocycles. The third-order valence-electron chi connectivity index (χ3n) is 1.17. The van der Waals surface area contributed by atoms with Crippen LogP contribution in [-0.4, -0.2) is 15.6 Å². The molecule has 2 N–H and O–H groups in total. The molecule has 1 rings (SSSR count). The Morgan fingerprint density at radius 1 is 1.58 bits per heavy atom. The van der Waals surface area contributed by atoms with Crippen LogP contribution in [0.2, 0.25) is 0 Å². The van der Waals surface area contributed by atoms with E-state index in [4.69, 9.17) is 4.84 Å². The Balaban J connectivity index is 2.20. The highest BCUT2D eigenvalue weighted by molar-refractivity contribution is 4.84. The van der Waals surface area contributed by atoms with E-state index in [9.17, 15) is 0 Å². The highest BCUT2D eigenvalue weighted by atomic mass is 16.7. The van der Waals surface area contributed by atoms with E-state index < -0.39 is 0 Å². The number of aromatic amines is 1. The molecule has 1 aromatic heterocycles. The maximum Gasteiger partial charge on any atom is 0.122 e. The van der Waals surface area contributed by atoms with Gasteiger partial charge in [-0.2, -0.15) is 5.48 Å². The van der Waals surface area contributed by atoms with E-state index in [2.05, 4.69) is 15.4 Å². The van der Waals surface area contributed by atoms with Gasteiger partial charge in [-0.25, -0.2) is 4.98 Å². The van der Waals surface area contributed by atoms with Crippen molar-refractivity contribution in [2.75, 3.05) is 0 Å². The molecule has 0 aromatic carbocycles. The van der Waals surface area contributed by atoms with E-state index in [1.54, 1.807) is 12.4 Å². The summed E-state index contributed by atoms with van der Waals surface area (Å²) in [5, 5.41) is 0. The van der Waals surface area contributed by atoms with E-state index >= 15 is 0 Å². The lowest BCUT2D eigenvalue weighted by molar-refractivity contribution is -0.0764. The molecule has 0 unspecified atom stereocenters. The van der Waals surface area contributed by atoms with Crippen LogP contribution in [0.25, 0.3) is 0 Å². The van der Waals surface area contributed by atoms with E-state index in [0.717, 1.165) is 5.82 Å². The van der Waals surface area contributed by atoms with Crippen LogP contribution >= 0.6 is 0 Å². The molecule has 0 aliphatic carbocycles. The van der Waals surface area contributed by atoms with Crippen molar-refractivity contribution in [3.05, 3.63) is 18.2 Å². The Bertz CT molecular complexity index is 213. The molecule has 68 valence electrons. The Hall–Kier alpha value is -0.870. The summed E-state index contributed by atoms with van der Waals surface area (Å²) in [5.41, 5.74) is 2.67. The summed E-state index contributed by atoms with van der Waals surface area (Å²) in [6.07, 6.45) is 3.50. The summed E-state index contributed by atoms with van der Waals surface area (Å²) in [6, 6.07) is 0. The molecule has 0 aliphatic rings. The van der Waals surface area contributed by atoms with Crippen LogP contribution in [-0.2, 0) is 11.4 Å². The first-order chi connectivity index (χ1) is 5.58. The lowest BCUT2D eigenvalue weighted by Crippen LogP contribution is -2.29. The molecule has 0 spiro atoms. The van der Waals surface area contributed by atoms with Gasteiger partial charge in [-0.3, -0.25) is 4.84 Å². The number of hydrogen-bond acceptors (Lipinski definition) is 3. The predicted molar refractivity (Wildman–Crippen MR) is 46.3 cm³/mol. The monoisotopic (exact) mass is 169 g/mol. The fourth-order valence-corrected chi connectivity index (χ4v) is 0.716. The largest absolute Gasteiger partial charge is 0.347 e. The molecule has 1 heterocycles. The number of hydrogen-bond donors (Lipinski definition) is 2. The average molecular weight is 169 g/mol. The second-order valence-corrected chi connectivity index (χ2v) is 3.57. The summed E-state index contributed by atoms with van der Waals surface area (Å²) in [6.45, 7) is 6.57. The minimum absolute atomic E-state index is 0.160. The molecule has 12 heavy (non-hydrogen) atoms. The Morgan fingerprint density at radius 2 is 2.33 bits per heavy atom. The topological polar surface area (TPSA) is 49.9 Å². The summed E-state index contributed by atoms with van der Waals surface area (Å²) < 4.78 is 0. The van der Waals surface area contributed by atoms with Crippen LogP contribution in [0.1, 0.15) is 26.6 Å². The smallest absolute Gasteiger partial charge is 0.122 e. The summed E-state index contributed by atoms with van der Waals surface area (Å²) in [7, 11) is 0. The third kappa shape index (κ3) is 3.50. The summed E-state index contributed by atoms with van der Waals surface area (Å²) >= 11 is 0. The number of imidazole rings is 1. The van der Waals surface area contributed by atoms with Crippen LogP contribution in [0.15, 0.2) is 12.4 Å². The molecule has 0 saturated heterocycles. The van der Waals surface area contributed by atoms with Crippen LogP contribution < -0.4 is 5.48 Å². The molecular formula is C8H15N3O. The lowest BCUT2D eigenvalue weighted by atomic mass is 10.2. The first-order valence-electron chi connectivity index (χ1n) is 3.97. The van der Waals surface area contributed by atoms with Gasteiger partial charge in [-0.05, 0) is 20.8 Å². The van der Waals surface area contributed by atoms with Gasteiger partial charge in [0.15, 0.2) is 0 Å². The lowest BCUT2D eigenvalue weighted by Gasteiger charge is -2.18. The van der Waals surface area contributed by atoms with Gasteiger partial charge in [-0.1, -0.05) is 0 Å². The molecule has 0 saturated carbocycles. The minimum Gasteiger partial charge on any atom is -0.347 e. The highest BCUT2D eigenvalue weighted by Crippen LogP contribution is 2.03. The van der Waals surface area contributed by atoms with Crippen LogP contribution in [0.5, 0.6) is 0 Å². The summed E-state index contributed by atoms with van der Waals surface area (Å²) in [4.78, 5) is 12.3. The standard InChI is InChI=1S/C8H15N3O/c1-8(2,3)12-11-6-7-9-4-5-10-7/h4-5,11H,6H2,1-3H3,(H,9,10). The van der Waals surface area contributed by atoms with E-state index in [1.165, 1.54) is 0 Å². The molecule has 4 nitrogen and oxygen atoms in total. The first-order valence-corrected chi connectivity index (χ1v) is 3.97. The number of aromatic nitrogens is 2. The molecule has 0 radical (unpaired) electrons. The second kappa shape index (κ2) is 3.69. The van der Waals surface area contributed by atoms with Gasteiger partial charge in [0.1, 0.15) is 5.82 Å². The van der Waals surface area contributed by atoms with E-state index in [1.807, 2.05) is 20.8 Å². The Kier molecular flexibility index (Phi) is 2.83. The van der Waals surface area contributed by atoms with E-state index in [-0.39, 0.29) is 5.60 Å². The van der Waals surface area contributed by atoms with Crippen molar-refractivity contribution in [2.45, 2.75) is 32.9 Å². The average Bonchev–Trinajstić information content (AvgIpc) is 2.36. The van der Waals surface area contributed by atoms with Crippen molar-refractivity contribution >= 4 is 0 Å². The van der Waals surface area contributed by atoms with Crippen LogP contribution in [0, 0.1) is 0 Å². The van der Waals surface area contributed by atoms with Crippen LogP contribution in [0.4, 0.5) is 0 Å². The quantitative estimate of drug-likeness (QED) is 0.669. The number of rotatable bonds is 3. The molecule has 0 bridgehead atoms. The van der Waals surface area contributed by atoms with Gasteiger partial charge in [0, 0.05) is 12.4 Å². The zero-order valence-corrected chi connectivity index (χ0v) is 7.72. The molecule has 0 amide bonds. The van der Waals surface area contributed by atoms with Gasteiger partial charge in [0.2, 0.25) is 0 Å². The van der Waals surface area contributed by atoms with Crippen LogP contribution in [0.3, 0.4) is 0 Å². The highest BCUT2D eigenvalue weighted by Gasteiger charge is 2.09. The van der Waals surface area contributed by atoms with Gasteiger partial charge in [0.25, 0.3) is 0 Å². The fourth-order valence-electron chi connectivity index (χ4n) is 0.716. The number of hydroxylamine groups is 1. The fraction of sp³-hybridized carbons (Fsp3) is 0.625. The zero-order chi connectivity index (χ0) is 9.03. The van der Waals surface area contributed by atoms with Crippen molar-refractivity contribution in [2.24, 2.45) is 0 Å². The Labute approximate surface area is 72.3 Å². The van der Waals surface area contributed by atoms with E-state index in [0.29, 0.717) is 6.54 Å². The first kappa shape index (κ1) is 9.22. The Morgan fingerprint density at radius 3 is 2.83 bits per heavy atom. The van der Waals surface area contributed by atoms with Gasteiger partial charge < -0.3 is 4.98 Å². The van der Waals surface area contributed by atoms with Gasteiger partial charge in [-0.15, -0.1) is 0 Å². The number of nitrogens with one attached hydrogen (secondary N) is 2. The van der Waals surface area contributed by atoms with Crippen molar-refractivity contribution in [3.63, 3.8) is 0 Å². The molecular weight excluding hydrogens is 154 g/mol. The second-order valence-electron chi connectivity index (χ2n) is 3.57. The maximum atomic E-state index is 5.29. The maximum absolute atomic E-state index is 5.29. The normalized spacial score (nSPS) is 11.9. The molecule has 0 atom stereocenters. The van der Waals surface area contributed by atoms with Gasteiger partial charge in [0.05, 0.1) is 12.1 Å². The van der Waals surface area contributed by atoms with Gasteiger partial charge >= 0.3 is 0 Å². The minimum atomic E-state index is -0.160. The molecule has 4 heteroatoms. The summed E-state index contributed by atoms with van der Waals surface area (Å²) in [5.74, 6) is 0.874.